The van der Waals surface area contributed by atoms with Crippen LogP contribution >= 0.6 is 11.8 Å². The first-order valence-electron chi connectivity index (χ1n) is 8.70. The van der Waals surface area contributed by atoms with Crippen molar-refractivity contribution in [1.29, 1.82) is 0 Å². The third-order valence-electron chi connectivity index (χ3n) is 3.92. The Morgan fingerprint density at radius 2 is 1.61 bits per heavy atom. The van der Waals surface area contributed by atoms with Crippen molar-refractivity contribution in [2.24, 2.45) is 0 Å². The zero-order valence-corrected chi connectivity index (χ0v) is 16.7. The van der Waals surface area contributed by atoms with E-state index in [1.54, 1.807) is 25.8 Å². The van der Waals surface area contributed by atoms with Crippen molar-refractivity contribution < 1.29 is 19.0 Å². The molecule has 0 aliphatic heterocycles. The van der Waals surface area contributed by atoms with Crippen molar-refractivity contribution in [3.05, 3.63) is 59.8 Å². The highest BCUT2D eigenvalue weighted by Crippen LogP contribution is 2.31. The molecule has 0 radical (unpaired) electrons. The molecule has 0 fully saturated rings. The van der Waals surface area contributed by atoms with Crippen LogP contribution in [0.25, 0.3) is 0 Å². The highest BCUT2D eigenvalue weighted by Gasteiger charge is 2.22. The second-order valence-electron chi connectivity index (χ2n) is 5.75. The second-order valence-corrected chi connectivity index (χ2v) is 6.81. The van der Waals surface area contributed by atoms with E-state index in [0.717, 1.165) is 22.0 Å². The Bertz CT molecular complexity index is 924. The summed E-state index contributed by atoms with van der Waals surface area (Å²) in [5, 5.41) is 8.86. The van der Waals surface area contributed by atoms with Gasteiger partial charge in [-0.15, -0.1) is 5.10 Å². The zero-order valence-electron chi connectivity index (χ0n) is 15.9. The molecule has 3 aromatic rings. The van der Waals surface area contributed by atoms with Crippen LogP contribution in [0.5, 0.6) is 11.5 Å². The molecule has 7 nitrogen and oxygen atoms in total. The Morgan fingerprint density at radius 3 is 2.18 bits per heavy atom. The lowest BCUT2D eigenvalue weighted by atomic mass is 10.2. The molecule has 0 atom stereocenters. The number of ether oxygens (including phenoxy) is 3. The van der Waals surface area contributed by atoms with E-state index in [4.69, 9.17) is 14.2 Å². The Labute approximate surface area is 167 Å². The normalized spacial score (nSPS) is 10.5. The molecular formula is C20H21N3O4S. The number of hydrogen-bond donors (Lipinski definition) is 0. The summed E-state index contributed by atoms with van der Waals surface area (Å²) in [5.41, 5.74) is 1.22. The molecule has 3 rings (SSSR count). The lowest BCUT2D eigenvalue weighted by Gasteiger charge is -2.09. The number of aromatic nitrogens is 3. The number of carbonyl (C=O) groups excluding carboxylic acids is 1. The van der Waals surface area contributed by atoms with Gasteiger partial charge < -0.3 is 14.2 Å². The van der Waals surface area contributed by atoms with Crippen molar-refractivity contribution in [1.82, 2.24) is 15.0 Å². The van der Waals surface area contributed by atoms with E-state index in [-0.39, 0.29) is 12.3 Å². The smallest absolute Gasteiger partial charge is 0.361 e. The van der Waals surface area contributed by atoms with E-state index in [0.29, 0.717) is 11.6 Å². The topological polar surface area (TPSA) is 75.5 Å². The lowest BCUT2D eigenvalue weighted by molar-refractivity contribution is 0.0515. The summed E-state index contributed by atoms with van der Waals surface area (Å²) >= 11 is 1.40. The summed E-state index contributed by atoms with van der Waals surface area (Å²) in [6.07, 6.45) is 0. The molecule has 2 aromatic carbocycles. The minimum atomic E-state index is -0.487. The van der Waals surface area contributed by atoms with Crippen molar-refractivity contribution in [3.8, 4) is 11.5 Å². The predicted octanol–water partition coefficient (Wildman–Crippen LogP) is 3.67. The van der Waals surface area contributed by atoms with Crippen LogP contribution in [0.1, 0.15) is 23.0 Å². The molecule has 0 aliphatic rings. The monoisotopic (exact) mass is 399 g/mol. The molecule has 0 amide bonds. The number of hydrogen-bond acceptors (Lipinski definition) is 7. The summed E-state index contributed by atoms with van der Waals surface area (Å²) in [7, 11) is 3.25. The van der Waals surface area contributed by atoms with Gasteiger partial charge in [0.15, 0.2) is 0 Å². The van der Waals surface area contributed by atoms with Gasteiger partial charge in [-0.05, 0) is 48.9 Å². The van der Waals surface area contributed by atoms with E-state index in [1.807, 2.05) is 48.5 Å². The standard InChI is InChI=1S/C20H21N3O4S/c1-4-27-20(24)18-19(28-17-11-9-16(26-3)10-12-17)23(22-21-18)13-14-5-7-15(25-2)8-6-14/h5-12H,4,13H2,1-3H3. The molecule has 0 aliphatic carbocycles. The van der Waals surface area contributed by atoms with Gasteiger partial charge in [-0.2, -0.15) is 0 Å². The van der Waals surface area contributed by atoms with Crippen LogP contribution in [0.3, 0.4) is 0 Å². The molecule has 8 heteroatoms. The van der Waals surface area contributed by atoms with Crippen molar-refractivity contribution in [2.75, 3.05) is 20.8 Å². The number of rotatable bonds is 8. The molecule has 1 aromatic heterocycles. The van der Waals surface area contributed by atoms with E-state index < -0.39 is 5.97 Å². The largest absolute Gasteiger partial charge is 0.497 e. The Kier molecular flexibility index (Phi) is 6.54. The van der Waals surface area contributed by atoms with Crippen LogP contribution in [0, 0.1) is 0 Å². The Balaban J connectivity index is 1.90. The first kappa shape index (κ1) is 19.8. The molecular weight excluding hydrogens is 378 g/mol. The van der Waals surface area contributed by atoms with Gasteiger partial charge in [0.05, 0.1) is 27.4 Å². The number of nitrogens with zero attached hydrogens (tertiary/aromatic N) is 3. The van der Waals surface area contributed by atoms with Crippen LogP contribution < -0.4 is 9.47 Å². The van der Waals surface area contributed by atoms with Gasteiger partial charge in [0, 0.05) is 4.90 Å². The van der Waals surface area contributed by atoms with Crippen LogP contribution in [0.15, 0.2) is 58.5 Å². The Hall–Kier alpha value is -3.00. The van der Waals surface area contributed by atoms with E-state index in [9.17, 15) is 4.79 Å². The van der Waals surface area contributed by atoms with Crippen LogP contribution in [0.4, 0.5) is 0 Å². The minimum absolute atomic E-state index is 0.205. The van der Waals surface area contributed by atoms with Crippen molar-refractivity contribution in [2.45, 2.75) is 23.4 Å². The fourth-order valence-corrected chi connectivity index (χ4v) is 3.42. The summed E-state index contributed by atoms with van der Waals surface area (Å²) in [5.74, 6) is 1.06. The maximum atomic E-state index is 12.3. The lowest BCUT2D eigenvalue weighted by Crippen LogP contribution is -2.08. The molecule has 146 valence electrons. The number of esters is 1. The van der Waals surface area contributed by atoms with E-state index >= 15 is 0 Å². The van der Waals surface area contributed by atoms with Crippen LogP contribution in [-0.4, -0.2) is 41.8 Å². The van der Waals surface area contributed by atoms with Gasteiger partial charge in [0.2, 0.25) is 5.69 Å². The van der Waals surface area contributed by atoms with Crippen molar-refractivity contribution in [3.63, 3.8) is 0 Å². The Morgan fingerprint density at radius 1 is 1.00 bits per heavy atom. The SMILES string of the molecule is CCOC(=O)c1nnn(Cc2ccc(OC)cc2)c1Sc1ccc(OC)cc1. The van der Waals surface area contributed by atoms with Crippen LogP contribution in [-0.2, 0) is 11.3 Å². The second kappa shape index (κ2) is 9.27. The van der Waals surface area contributed by atoms with Gasteiger partial charge in [-0.1, -0.05) is 29.1 Å². The highest BCUT2D eigenvalue weighted by atomic mass is 32.2. The molecule has 0 unspecified atom stereocenters. The fourth-order valence-electron chi connectivity index (χ4n) is 2.50. The average Bonchev–Trinajstić information content (AvgIpc) is 3.11. The average molecular weight is 399 g/mol. The first-order chi connectivity index (χ1) is 13.6. The maximum absolute atomic E-state index is 12.3. The molecule has 0 spiro atoms. The molecule has 0 saturated carbocycles. The molecule has 0 saturated heterocycles. The summed E-state index contributed by atoms with van der Waals surface area (Å²) in [6.45, 7) is 2.50. The third-order valence-corrected chi connectivity index (χ3v) is 5.03. The first-order valence-corrected chi connectivity index (χ1v) is 9.51. The van der Waals surface area contributed by atoms with Gasteiger partial charge >= 0.3 is 5.97 Å². The molecule has 0 bridgehead atoms. The maximum Gasteiger partial charge on any atom is 0.361 e. The van der Waals surface area contributed by atoms with Gasteiger partial charge in [0.25, 0.3) is 0 Å². The minimum Gasteiger partial charge on any atom is -0.497 e. The summed E-state index contributed by atoms with van der Waals surface area (Å²) in [4.78, 5) is 13.3. The zero-order chi connectivity index (χ0) is 19.9. The fraction of sp³-hybridized carbons (Fsp3) is 0.250. The van der Waals surface area contributed by atoms with Gasteiger partial charge in [-0.3, -0.25) is 0 Å². The summed E-state index contributed by atoms with van der Waals surface area (Å²) in [6, 6.07) is 15.2. The van der Waals surface area contributed by atoms with Gasteiger partial charge in [-0.25, -0.2) is 9.48 Å². The quantitative estimate of drug-likeness (QED) is 0.535. The number of carbonyl (C=O) groups is 1. The van der Waals surface area contributed by atoms with E-state index in [2.05, 4.69) is 10.3 Å². The molecule has 0 N–H and O–H groups in total. The van der Waals surface area contributed by atoms with Gasteiger partial charge in [0.1, 0.15) is 16.5 Å². The van der Waals surface area contributed by atoms with Crippen LogP contribution in [0.2, 0.25) is 0 Å². The highest BCUT2D eigenvalue weighted by molar-refractivity contribution is 7.99. The number of benzene rings is 2. The number of methoxy groups -OCH3 is 2. The molecule has 1 heterocycles. The summed E-state index contributed by atoms with van der Waals surface area (Å²) < 4.78 is 17.2. The molecule has 28 heavy (non-hydrogen) atoms. The third kappa shape index (κ3) is 4.64. The van der Waals surface area contributed by atoms with E-state index in [1.165, 1.54) is 11.8 Å². The predicted molar refractivity (Wildman–Crippen MR) is 105 cm³/mol. The van der Waals surface area contributed by atoms with Crippen molar-refractivity contribution >= 4 is 17.7 Å².